The van der Waals surface area contributed by atoms with E-state index >= 15 is 0 Å². The van der Waals surface area contributed by atoms with Gasteiger partial charge in [0.05, 0.1) is 0 Å². The zero-order valence-corrected chi connectivity index (χ0v) is 11.9. The summed E-state index contributed by atoms with van der Waals surface area (Å²) < 4.78 is 0. The summed E-state index contributed by atoms with van der Waals surface area (Å²) >= 11 is 1.83. The van der Waals surface area contributed by atoms with Gasteiger partial charge in [-0.15, -0.1) is 0 Å². The summed E-state index contributed by atoms with van der Waals surface area (Å²) in [6.45, 7) is 5.85. The summed E-state index contributed by atoms with van der Waals surface area (Å²) in [5.74, 6) is 1.76. The fourth-order valence-corrected chi connectivity index (χ4v) is 3.72. The van der Waals surface area contributed by atoms with Crippen molar-refractivity contribution in [2.75, 3.05) is 6.54 Å². The van der Waals surface area contributed by atoms with E-state index in [1.807, 2.05) is 11.3 Å². The molecule has 0 aliphatic heterocycles. The van der Waals surface area contributed by atoms with Gasteiger partial charge in [-0.2, -0.15) is 11.3 Å². The SMILES string of the molecule is CCCNC1CCC(C)CC1Cc1ccsc1. The van der Waals surface area contributed by atoms with E-state index in [1.54, 1.807) is 0 Å². The van der Waals surface area contributed by atoms with Gasteiger partial charge in [-0.05, 0) is 72.9 Å². The Hall–Kier alpha value is -0.340. The van der Waals surface area contributed by atoms with Gasteiger partial charge in [-0.3, -0.25) is 0 Å². The van der Waals surface area contributed by atoms with E-state index in [2.05, 4.69) is 36.0 Å². The van der Waals surface area contributed by atoms with Crippen LogP contribution >= 0.6 is 11.3 Å². The molecule has 1 heterocycles. The van der Waals surface area contributed by atoms with Gasteiger partial charge in [0.1, 0.15) is 0 Å². The van der Waals surface area contributed by atoms with Crippen LogP contribution in [0.25, 0.3) is 0 Å². The number of nitrogens with one attached hydrogen (secondary N) is 1. The van der Waals surface area contributed by atoms with E-state index in [9.17, 15) is 0 Å². The molecule has 1 saturated carbocycles. The number of hydrogen-bond donors (Lipinski definition) is 1. The maximum Gasteiger partial charge on any atom is 0.00987 e. The minimum atomic E-state index is 0.756. The lowest BCUT2D eigenvalue weighted by atomic mass is 9.76. The first kappa shape index (κ1) is 13.1. The average Bonchev–Trinajstić information content (AvgIpc) is 2.81. The predicted octanol–water partition coefficient (Wildman–Crippen LogP) is 4.10. The van der Waals surface area contributed by atoms with Gasteiger partial charge in [0.25, 0.3) is 0 Å². The first-order valence-electron chi connectivity index (χ1n) is 7.04. The smallest absolute Gasteiger partial charge is 0.00987 e. The molecular weight excluding hydrogens is 226 g/mol. The Morgan fingerprint density at radius 3 is 3.00 bits per heavy atom. The molecule has 1 N–H and O–H groups in total. The zero-order chi connectivity index (χ0) is 12.1. The molecular formula is C15H25NS. The number of rotatable bonds is 5. The second-order valence-electron chi connectivity index (χ2n) is 5.57. The second kappa shape index (κ2) is 6.55. The van der Waals surface area contributed by atoms with Crippen molar-refractivity contribution in [1.82, 2.24) is 5.32 Å². The highest BCUT2D eigenvalue weighted by molar-refractivity contribution is 7.07. The highest BCUT2D eigenvalue weighted by Crippen LogP contribution is 2.31. The Morgan fingerprint density at radius 1 is 1.41 bits per heavy atom. The van der Waals surface area contributed by atoms with Gasteiger partial charge >= 0.3 is 0 Å². The van der Waals surface area contributed by atoms with Gasteiger partial charge in [0, 0.05) is 6.04 Å². The third-order valence-corrected chi connectivity index (χ3v) is 4.71. The van der Waals surface area contributed by atoms with Crippen molar-refractivity contribution in [2.24, 2.45) is 11.8 Å². The molecule has 0 aromatic carbocycles. The van der Waals surface area contributed by atoms with Crippen LogP contribution in [-0.2, 0) is 6.42 Å². The van der Waals surface area contributed by atoms with Crippen molar-refractivity contribution in [3.05, 3.63) is 22.4 Å². The summed E-state index contributed by atoms with van der Waals surface area (Å²) in [5.41, 5.74) is 1.54. The fourth-order valence-electron chi connectivity index (χ4n) is 3.03. The molecule has 0 amide bonds. The van der Waals surface area contributed by atoms with Crippen molar-refractivity contribution in [1.29, 1.82) is 0 Å². The quantitative estimate of drug-likeness (QED) is 0.831. The molecule has 1 nitrogen and oxygen atoms in total. The summed E-state index contributed by atoms with van der Waals surface area (Å²) in [7, 11) is 0. The van der Waals surface area contributed by atoms with E-state index < -0.39 is 0 Å². The summed E-state index contributed by atoms with van der Waals surface area (Å²) in [5, 5.41) is 8.28. The van der Waals surface area contributed by atoms with Gasteiger partial charge in [-0.25, -0.2) is 0 Å². The molecule has 0 radical (unpaired) electrons. The lowest BCUT2D eigenvalue weighted by molar-refractivity contribution is 0.212. The van der Waals surface area contributed by atoms with Crippen molar-refractivity contribution >= 4 is 11.3 Å². The molecule has 3 unspecified atom stereocenters. The number of thiophene rings is 1. The zero-order valence-electron chi connectivity index (χ0n) is 11.1. The number of hydrogen-bond acceptors (Lipinski definition) is 2. The lowest BCUT2D eigenvalue weighted by Gasteiger charge is -2.35. The highest BCUT2D eigenvalue weighted by atomic mass is 32.1. The second-order valence-corrected chi connectivity index (χ2v) is 6.35. The molecule has 0 bridgehead atoms. The maximum absolute atomic E-state index is 3.76. The van der Waals surface area contributed by atoms with Crippen LogP contribution in [0.4, 0.5) is 0 Å². The molecule has 0 spiro atoms. The molecule has 96 valence electrons. The van der Waals surface area contributed by atoms with Crippen LogP contribution in [0.2, 0.25) is 0 Å². The minimum absolute atomic E-state index is 0.756. The minimum Gasteiger partial charge on any atom is -0.314 e. The Balaban J connectivity index is 1.93. The molecule has 1 fully saturated rings. The van der Waals surface area contributed by atoms with E-state index in [1.165, 1.54) is 44.2 Å². The molecule has 1 aliphatic carbocycles. The Bertz CT molecular complexity index is 305. The lowest BCUT2D eigenvalue weighted by Crippen LogP contribution is -2.41. The van der Waals surface area contributed by atoms with Crippen LogP contribution < -0.4 is 5.32 Å². The van der Waals surface area contributed by atoms with Crippen LogP contribution in [0.15, 0.2) is 16.8 Å². The van der Waals surface area contributed by atoms with Gasteiger partial charge in [0.2, 0.25) is 0 Å². The largest absolute Gasteiger partial charge is 0.314 e. The fraction of sp³-hybridized carbons (Fsp3) is 0.733. The highest BCUT2D eigenvalue weighted by Gasteiger charge is 2.28. The first-order valence-corrected chi connectivity index (χ1v) is 7.98. The van der Waals surface area contributed by atoms with Gasteiger partial charge in [0.15, 0.2) is 0 Å². The molecule has 1 aromatic heterocycles. The molecule has 1 aliphatic rings. The van der Waals surface area contributed by atoms with Gasteiger partial charge in [-0.1, -0.05) is 13.8 Å². The van der Waals surface area contributed by atoms with Crippen LogP contribution in [-0.4, -0.2) is 12.6 Å². The van der Waals surface area contributed by atoms with Crippen molar-refractivity contribution in [3.63, 3.8) is 0 Å². The molecule has 2 rings (SSSR count). The maximum atomic E-state index is 3.76. The molecule has 2 heteroatoms. The average molecular weight is 251 g/mol. The monoisotopic (exact) mass is 251 g/mol. The van der Waals surface area contributed by atoms with Gasteiger partial charge < -0.3 is 5.32 Å². The third kappa shape index (κ3) is 3.82. The summed E-state index contributed by atoms with van der Waals surface area (Å²) in [6, 6.07) is 3.05. The van der Waals surface area contributed by atoms with E-state index in [-0.39, 0.29) is 0 Å². The van der Waals surface area contributed by atoms with Crippen molar-refractivity contribution < 1.29 is 0 Å². The predicted molar refractivity (Wildman–Crippen MR) is 76.6 cm³/mol. The Morgan fingerprint density at radius 2 is 2.29 bits per heavy atom. The molecule has 3 atom stereocenters. The van der Waals surface area contributed by atoms with Crippen LogP contribution in [0, 0.1) is 11.8 Å². The van der Waals surface area contributed by atoms with Crippen LogP contribution in [0.5, 0.6) is 0 Å². The van der Waals surface area contributed by atoms with E-state index in [4.69, 9.17) is 0 Å². The third-order valence-electron chi connectivity index (χ3n) is 3.98. The summed E-state index contributed by atoms with van der Waals surface area (Å²) in [6.07, 6.45) is 6.70. The standard InChI is InChI=1S/C15H25NS/c1-3-7-16-15-5-4-12(2)9-14(15)10-13-6-8-17-11-13/h6,8,11-12,14-16H,3-5,7,9-10H2,1-2H3. The van der Waals surface area contributed by atoms with Crippen molar-refractivity contribution in [2.45, 2.75) is 52.0 Å². The van der Waals surface area contributed by atoms with Crippen LogP contribution in [0.3, 0.4) is 0 Å². The normalized spacial score (nSPS) is 29.4. The molecule has 1 aromatic rings. The molecule has 0 saturated heterocycles. The topological polar surface area (TPSA) is 12.0 Å². The Labute approximate surface area is 110 Å². The van der Waals surface area contributed by atoms with Crippen molar-refractivity contribution in [3.8, 4) is 0 Å². The molecule has 17 heavy (non-hydrogen) atoms. The van der Waals surface area contributed by atoms with E-state index in [0.29, 0.717) is 0 Å². The Kier molecular flexibility index (Phi) is 5.05. The summed E-state index contributed by atoms with van der Waals surface area (Å²) in [4.78, 5) is 0. The van der Waals surface area contributed by atoms with E-state index in [0.717, 1.165) is 17.9 Å². The first-order chi connectivity index (χ1) is 8.29. The van der Waals surface area contributed by atoms with Crippen LogP contribution in [0.1, 0.15) is 45.1 Å².